The summed E-state index contributed by atoms with van der Waals surface area (Å²) in [5, 5.41) is 16.2. The topological polar surface area (TPSA) is 69.6 Å². The minimum atomic E-state index is -1.30. The van der Waals surface area contributed by atoms with Crippen LogP contribution in [0.2, 0.25) is 0 Å². The highest BCUT2D eigenvalue weighted by Gasteiger charge is 2.14. The molecule has 0 saturated carbocycles. The van der Waals surface area contributed by atoms with Crippen molar-refractivity contribution in [1.82, 2.24) is 5.54 Å². The van der Waals surface area contributed by atoms with Crippen LogP contribution in [0, 0.1) is 0 Å². The van der Waals surface area contributed by atoms with E-state index in [1.165, 1.54) is 0 Å². The zero-order valence-electron chi connectivity index (χ0n) is 5.08. The molecule has 0 fully saturated rings. The molecule has 0 saturated heterocycles. The van der Waals surface area contributed by atoms with Crippen molar-refractivity contribution in [3.8, 4) is 0 Å². The van der Waals surface area contributed by atoms with Crippen LogP contribution in [0.1, 0.15) is 6.42 Å². The van der Waals surface area contributed by atoms with E-state index in [0.717, 1.165) is 5.54 Å². The van der Waals surface area contributed by atoms with Crippen molar-refractivity contribution in [2.75, 3.05) is 6.61 Å². The highest BCUT2D eigenvalue weighted by molar-refractivity contribution is 5.85. The number of hydrogen-bond acceptors (Lipinski definition) is 3. The van der Waals surface area contributed by atoms with Gasteiger partial charge in [-0.1, -0.05) is 0 Å². The number of aliphatic carboxylic acids is 1. The second-order valence-corrected chi connectivity index (χ2v) is 1.51. The fourth-order valence-electron chi connectivity index (χ4n) is 0.354. The van der Waals surface area contributed by atoms with E-state index in [1.807, 2.05) is 0 Å². The molecule has 0 bridgehead atoms. The Morgan fingerprint density at radius 2 is 2.20 bits per heavy atom. The summed E-state index contributed by atoms with van der Waals surface area (Å²) in [5.74, 6) is -1.30. The summed E-state index contributed by atoms with van der Waals surface area (Å²) in [4.78, 5) is 9.91. The summed E-state index contributed by atoms with van der Waals surface area (Å²) in [6.07, 6.45) is -0.119. The SMILES string of the molecule is Cl.O=C(O)[C@H](CCO)NF. The van der Waals surface area contributed by atoms with Gasteiger partial charge in [-0.2, -0.15) is 0 Å². The standard InChI is InChI=1S/C4H8FNO3.ClH/c5-6-3(1-2-7)4(8)9;/h3,6-7H,1-2H2,(H,8,9);1H/t3-;/m0./s1. The van der Waals surface area contributed by atoms with Gasteiger partial charge in [0.2, 0.25) is 0 Å². The van der Waals surface area contributed by atoms with Crippen molar-refractivity contribution in [2.24, 2.45) is 0 Å². The Balaban J connectivity index is 0. The molecule has 62 valence electrons. The molecule has 0 aliphatic heterocycles. The molecule has 6 heteroatoms. The Morgan fingerprint density at radius 3 is 2.30 bits per heavy atom. The van der Waals surface area contributed by atoms with Crippen LogP contribution in [-0.2, 0) is 4.79 Å². The van der Waals surface area contributed by atoms with Crippen LogP contribution >= 0.6 is 12.4 Å². The summed E-state index contributed by atoms with van der Waals surface area (Å²) in [7, 11) is 0. The summed E-state index contributed by atoms with van der Waals surface area (Å²) in [6, 6.07) is -1.28. The lowest BCUT2D eigenvalue weighted by Crippen LogP contribution is -2.31. The van der Waals surface area contributed by atoms with Gasteiger partial charge in [0.1, 0.15) is 6.04 Å². The molecule has 1 atom stereocenters. The van der Waals surface area contributed by atoms with E-state index in [-0.39, 0.29) is 25.4 Å². The molecule has 0 spiro atoms. The Hall–Kier alpha value is -0.390. The van der Waals surface area contributed by atoms with E-state index in [0.29, 0.717) is 0 Å². The van der Waals surface area contributed by atoms with Gasteiger partial charge in [-0.25, -0.2) is 0 Å². The second kappa shape index (κ2) is 6.73. The van der Waals surface area contributed by atoms with E-state index in [2.05, 4.69) is 0 Å². The highest BCUT2D eigenvalue weighted by atomic mass is 35.5. The molecule has 10 heavy (non-hydrogen) atoms. The lowest BCUT2D eigenvalue weighted by molar-refractivity contribution is -0.141. The van der Waals surface area contributed by atoms with Crippen LogP contribution in [0.5, 0.6) is 0 Å². The number of carbonyl (C=O) groups is 1. The molecule has 4 nitrogen and oxygen atoms in total. The summed E-state index contributed by atoms with van der Waals surface area (Å²) < 4.78 is 11.4. The minimum Gasteiger partial charge on any atom is -0.480 e. The van der Waals surface area contributed by atoms with Crippen LogP contribution in [0.25, 0.3) is 0 Å². The minimum absolute atomic E-state index is 0. The predicted molar refractivity (Wildman–Crippen MR) is 34.6 cm³/mol. The third-order valence-corrected chi connectivity index (χ3v) is 0.848. The van der Waals surface area contributed by atoms with Gasteiger partial charge in [0.05, 0.1) is 0 Å². The number of carboxylic acids is 1. The maximum atomic E-state index is 11.4. The molecule has 0 amide bonds. The molecule has 3 N–H and O–H groups in total. The molecule has 0 aromatic carbocycles. The van der Waals surface area contributed by atoms with Gasteiger partial charge in [0.25, 0.3) is 0 Å². The predicted octanol–water partition coefficient (Wildman–Crippen LogP) is -0.282. The maximum Gasteiger partial charge on any atom is 0.323 e. The van der Waals surface area contributed by atoms with Crippen LogP contribution in [0.4, 0.5) is 4.48 Å². The van der Waals surface area contributed by atoms with Crippen molar-refractivity contribution in [3.63, 3.8) is 0 Å². The van der Waals surface area contributed by atoms with E-state index in [1.54, 1.807) is 0 Å². The third kappa shape index (κ3) is 4.49. The normalized spacial score (nSPS) is 11.8. The van der Waals surface area contributed by atoms with Crippen molar-refractivity contribution in [2.45, 2.75) is 12.5 Å². The first kappa shape index (κ1) is 12.3. The molecule has 0 heterocycles. The number of aliphatic hydroxyl groups is 1. The van der Waals surface area contributed by atoms with Gasteiger partial charge in [0, 0.05) is 6.61 Å². The van der Waals surface area contributed by atoms with Gasteiger partial charge in [0.15, 0.2) is 0 Å². The second-order valence-electron chi connectivity index (χ2n) is 1.51. The fraction of sp³-hybridized carbons (Fsp3) is 0.750. The van der Waals surface area contributed by atoms with Crippen LogP contribution in [0.15, 0.2) is 0 Å². The molecular weight excluding hydrogens is 164 g/mol. The van der Waals surface area contributed by atoms with Crippen molar-refractivity contribution in [1.29, 1.82) is 0 Å². The van der Waals surface area contributed by atoms with Gasteiger partial charge in [-0.05, 0) is 6.42 Å². The van der Waals surface area contributed by atoms with E-state index in [4.69, 9.17) is 10.2 Å². The first-order valence-corrected chi connectivity index (χ1v) is 2.42. The van der Waals surface area contributed by atoms with Crippen LogP contribution in [-0.4, -0.2) is 28.8 Å². The lowest BCUT2D eigenvalue weighted by Gasteiger charge is -2.03. The van der Waals surface area contributed by atoms with Crippen LogP contribution in [0.3, 0.4) is 0 Å². The molecule has 0 aliphatic carbocycles. The quantitative estimate of drug-likeness (QED) is 0.512. The number of rotatable bonds is 4. The monoisotopic (exact) mass is 173 g/mol. The molecule has 0 rings (SSSR count). The Kier molecular flexibility index (Phi) is 8.27. The van der Waals surface area contributed by atoms with Crippen molar-refractivity contribution in [3.05, 3.63) is 0 Å². The summed E-state index contributed by atoms with van der Waals surface area (Å²) in [6.45, 7) is -0.339. The maximum absolute atomic E-state index is 11.4. The third-order valence-electron chi connectivity index (χ3n) is 0.848. The largest absolute Gasteiger partial charge is 0.480 e. The van der Waals surface area contributed by atoms with E-state index < -0.39 is 12.0 Å². The molecule has 0 unspecified atom stereocenters. The number of nitrogens with one attached hydrogen (secondary N) is 1. The van der Waals surface area contributed by atoms with Gasteiger partial charge in [-0.3, -0.25) is 4.79 Å². The Labute approximate surface area is 63.4 Å². The average molecular weight is 174 g/mol. The van der Waals surface area contributed by atoms with Crippen molar-refractivity contribution >= 4 is 18.4 Å². The van der Waals surface area contributed by atoms with E-state index in [9.17, 15) is 9.28 Å². The first-order chi connectivity index (χ1) is 4.22. The molecule has 0 aromatic rings. The summed E-state index contributed by atoms with van der Waals surface area (Å²) >= 11 is 0. The van der Waals surface area contributed by atoms with Crippen LogP contribution < -0.4 is 5.54 Å². The Morgan fingerprint density at radius 1 is 1.70 bits per heavy atom. The van der Waals surface area contributed by atoms with E-state index >= 15 is 0 Å². The zero-order chi connectivity index (χ0) is 7.28. The molecule has 0 aromatic heterocycles. The number of carboxylic acid groups (broad SMARTS) is 1. The fourth-order valence-corrected chi connectivity index (χ4v) is 0.354. The zero-order valence-corrected chi connectivity index (χ0v) is 5.90. The molecule has 0 aliphatic rings. The van der Waals surface area contributed by atoms with Crippen molar-refractivity contribution < 1.29 is 19.5 Å². The molecular formula is C4H9ClFNO3. The average Bonchev–Trinajstić information content (AvgIpc) is 1.82. The van der Waals surface area contributed by atoms with Gasteiger partial charge in [-0.15, -0.1) is 22.4 Å². The first-order valence-electron chi connectivity index (χ1n) is 2.42. The molecule has 0 radical (unpaired) electrons. The summed E-state index contributed by atoms with van der Waals surface area (Å²) in [5.41, 5.74) is 1.04. The Bertz CT molecular complexity index is 103. The smallest absolute Gasteiger partial charge is 0.323 e. The van der Waals surface area contributed by atoms with Gasteiger partial charge >= 0.3 is 5.97 Å². The number of halogens is 2. The highest BCUT2D eigenvalue weighted by Crippen LogP contribution is 1.89. The lowest BCUT2D eigenvalue weighted by atomic mass is 10.2. The van der Waals surface area contributed by atoms with Gasteiger partial charge < -0.3 is 10.2 Å². The number of aliphatic hydroxyl groups excluding tert-OH is 1. The number of hydrogen-bond donors (Lipinski definition) is 3.